The lowest BCUT2D eigenvalue weighted by atomic mass is 10.1. The van der Waals surface area contributed by atoms with E-state index in [1.807, 2.05) is 30.3 Å². The van der Waals surface area contributed by atoms with Gasteiger partial charge in [0.05, 0.1) is 6.07 Å². The van der Waals surface area contributed by atoms with Gasteiger partial charge in [-0.25, -0.2) is 0 Å². The highest BCUT2D eigenvalue weighted by Gasteiger charge is 2.06. The lowest BCUT2D eigenvalue weighted by molar-refractivity contribution is 0.621. The first kappa shape index (κ1) is 9.76. The lowest BCUT2D eigenvalue weighted by Gasteiger charge is -2.10. The third-order valence-electron chi connectivity index (χ3n) is 1.86. The molecule has 1 unspecified atom stereocenters. The number of hydrogen-bond acceptors (Lipinski definition) is 2. The molecule has 0 saturated heterocycles. The fourth-order valence-corrected chi connectivity index (χ4v) is 1.17. The van der Waals surface area contributed by atoms with Crippen LogP contribution in [0.5, 0.6) is 0 Å². The summed E-state index contributed by atoms with van der Waals surface area (Å²) in [5.41, 5.74) is 1.04. The molecule has 0 spiro atoms. The lowest BCUT2D eigenvalue weighted by Crippen LogP contribution is -2.20. The Morgan fingerprint density at radius 2 is 2.08 bits per heavy atom. The highest BCUT2D eigenvalue weighted by molar-refractivity contribution is 5.23. The van der Waals surface area contributed by atoms with Gasteiger partial charge in [-0.15, -0.1) is 0 Å². The van der Waals surface area contributed by atoms with Gasteiger partial charge < -0.3 is 0 Å². The molecule has 0 aromatic heterocycles. The zero-order chi connectivity index (χ0) is 9.52. The first-order chi connectivity index (χ1) is 6.38. The van der Waals surface area contributed by atoms with Crippen LogP contribution in [-0.4, -0.2) is 6.54 Å². The van der Waals surface area contributed by atoms with Crippen molar-refractivity contribution in [1.29, 1.82) is 5.26 Å². The van der Waals surface area contributed by atoms with Crippen molar-refractivity contribution in [1.82, 2.24) is 5.32 Å². The first-order valence-corrected chi connectivity index (χ1v) is 4.56. The molecule has 0 aliphatic heterocycles. The van der Waals surface area contributed by atoms with Crippen molar-refractivity contribution in [2.24, 2.45) is 0 Å². The van der Waals surface area contributed by atoms with Gasteiger partial charge in [-0.1, -0.05) is 37.3 Å². The number of hydrogen-bond donors (Lipinski definition) is 1. The van der Waals surface area contributed by atoms with Crippen molar-refractivity contribution in [3.8, 4) is 6.07 Å². The van der Waals surface area contributed by atoms with Crippen LogP contribution in [0.2, 0.25) is 0 Å². The summed E-state index contributed by atoms with van der Waals surface area (Å²) in [6.45, 7) is 2.97. The molecule has 0 saturated carbocycles. The maximum atomic E-state index is 8.89. The topological polar surface area (TPSA) is 35.8 Å². The van der Waals surface area contributed by atoms with Crippen molar-refractivity contribution in [2.75, 3.05) is 6.54 Å². The van der Waals surface area contributed by atoms with Crippen LogP contribution >= 0.6 is 0 Å². The number of nitrogens with zero attached hydrogens (tertiary/aromatic N) is 1. The predicted octanol–water partition coefficient (Wildman–Crippen LogP) is 2.25. The molecule has 68 valence electrons. The van der Waals surface area contributed by atoms with E-state index in [1.54, 1.807) is 0 Å². The number of nitrogens with one attached hydrogen (secondary N) is 1. The molecule has 1 atom stereocenters. The monoisotopic (exact) mass is 174 g/mol. The summed E-state index contributed by atoms with van der Waals surface area (Å²) >= 11 is 0. The molecule has 0 heterocycles. The van der Waals surface area contributed by atoms with E-state index in [4.69, 9.17) is 5.26 Å². The summed E-state index contributed by atoms with van der Waals surface area (Å²) in [6.07, 6.45) is 1.05. The predicted molar refractivity (Wildman–Crippen MR) is 53.1 cm³/mol. The zero-order valence-corrected chi connectivity index (χ0v) is 7.83. The summed E-state index contributed by atoms with van der Waals surface area (Å²) in [5, 5.41) is 12.1. The number of nitriles is 1. The molecule has 0 amide bonds. The Morgan fingerprint density at radius 3 is 2.62 bits per heavy atom. The van der Waals surface area contributed by atoms with Crippen molar-refractivity contribution in [3.63, 3.8) is 0 Å². The fourth-order valence-electron chi connectivity index (χ4n) is 1.17. The largest absolute Gasteiger partial charge is 0.298 e. The van der Waals surface area contributed by atoms with Crippen LogP contribution < -0.4 is 5.32 Å². The van der Waals surface area contributed by atoms with Gasteiger partial charge in [-0.3, -0.25) is 5.32 Å². The van der Waals surface area contributed by atoms with Crippen molar-refractivity contribution in [3.05, 3.63) is 35.9 Å². The van der Waals surface area contributed by atoms with E-state index in [9.17, 15) is 0 Å². The van der Waals surface area contributed by atoms with E-state index >= 15 is 0 Å². The molecule has 0 aliphatic carbocycles. The first-order valence-electron chi connectivity index (χ1n) is 4.56. The average Bonchev–Trinajstić information content (AvgIpc) is 2.21. The van der Waals surface area contributed by atoms with Crippen LogP contribution in [0.25, 0.3) is 0 Å². The summed E-state index contributed by atoms with van der Waals surface area (Å²) < 4.78 is 0. The van der Waals surface area contributed by atoms with E-state index in [1.165, 1.54) is 0 Å². The Balaban J connectivity index is 2.63. The summed E-state index contributed by atoms with van der Waals surface area (Å²) in [5.74, 6) is 0. The van der Waals surface area contributed by atoms with Crippen LogP contribution in [-0.2, 0) is 0 Å². The minimum atomic E-state index is -0.166. The van der Waals surface area contributed by atoms with E-state index in [0.717, 1.165) is 18.5 Å². The Labute approximate surface area is 79.2 Å². The SMILES string of the molecule is CCCNC(C#N)c1ccccc1. The van der Waals surface area contributed by atoms with E-state index < -0.39 is 0 Å². The Bertz CT molecular complexity index is 274. The molecule has 2 nitrogen and oxygen atoms in total. The molecule has 0 fully saturated rings. The summed E-state index contributed by atoms with van der Waals surface area (Å²) in [7, 11) is 0. The molecule has 0 aliphatic rings. The molecule has 1 N–H and O–H groups in total. The van der Waals surface area contributed by atoms with Gasteiger partial charge in [0.25, 0.3) is 0 Å². The second kappa shape index (κ2) is 5.34. The van der Waals surface area contributed by atoms with Gasteiger partial charge in [-0.2, -0.15) is 5.26 Å². The average molecular weight is 174 g/mol. The normalized spacial score (nSPS) is 12.0. The maximum absolute atomic E-state index is 8.89. The smallest absolute Gasteiger partial charge is 0.121 e. The fraction of sp³-hybridized carbons (Fsp3) is 0.364. The van der Waals surface area contributed by atoms with E-state index in [0.29, 0.717) is 0 Å². The van der Waals surface area contributed by atoms with Crippen molar-refractivity contribution < 1.29 is 0 Å². The van der Waals surface area contributed by atoms with Gasteiger partial charge in [-0.05, 0) is 18.5 Å². The molecule has 13 heavy (non-hydrogen) atoms. The second-order valence-corrected chi connectivity index (χ2v) is 2.93. The Hall–Kier alpha value is -1.33. The third kappa shape index (κ3) is 2.89. The van der Waals surface area contributed by atoms with Crippen LogP contribution in [0.15, 0.2) is 30.3 Å². The summed E-state index contributed by atoms with van der Waals surface area (Å²) in [4.78, 5) is 0. The Morgan fingerprint density at radius 1 is 1.38 bits per heavy atom. The van der Waals surface area contributed by atoms with Crippen molar-refractivity contribution in [2.45, 2.75) is 19.4 Å². The minimum Gasteiger partial charge on any atom is -0.298 e. The highest BCUT2D eigenvalue weighted by Crippen LogP contribution is 2.10. The van der Waals surface area contributed by atoms with Gasteiger partial charge >= 0.3 is 0 Å². The maximum Gasteiger partial charge on any atom is 0.121 e. The molecular weight excluding hydrogens is 160 g/mol. The zero-order valence-electron chi connectivity index (χ0n) is 7.83. The van der Waals surface area contributed by atoms with E-state index in [2.05, 4.69) is 18.3 Å². The number of rotatable bonds is 4. The molecule has 2 heteroatoms. The standard InChI is InChI=1S/C11H14N2/c1-2-8-13-11(9-12)10-6-4-3-5-7-10/h3-7,11,13H,2,8H2,1H3. The van der Waals surface area contributed by atoms with Gasteiger partial charge in [0, 0.05) is 0 Å². The van der Waals surface area contributed by atoms with Gasteiger partial charge in [0.1, 0.15) is 6.04 Å². The quantitative estimate of drug-likeness (QED) is 0.760. The minimum absolute atomic E-state index is 0.166. The van der Waals surface area contributed by atoms with Crippen LogP contribution in [0.4, 0.5) is 0 Å². The molecular formula is C11H14N2. The van der Waals surface area contributed by atoms with Crippen LogP contribution in [0.3, 0.4) is 0 Å². The second-order valence-electron chi connectivity index (χ2n) is 2.93. The highest BCUT2D eigenvalue weighted by atomic mass is 14.9. The van der Waals surface area contributed by atoms with Crippen LogP contribution in [0, 0.1) is 11.3 Å². The summed E-state index contributed by atoms with van der Waals surface area (Å²) in [6, 6.07) is 11.9. The van der Waals surface area contributed by atoms with E-state index in [-0.39, 0.29) is 6.04 Å². The number of benzene rings is 1. The van der Waals surface area contributed by atoms with Gasteiger partial charge in [0.2, 0.25) is 0 Å². The third-order valence-corrected chi connectivity index (χ3v) is 1.86. The molecule has 1 aromatic carbocycles. The Kier molecular flexibility index (Phi) is 4.01. The van der Waals surface area contributed by atoms with Crippen LogP contribution in [0.1, 0.15) is 24.9 Å². The molecule has 1 rings (SSSR count). The van der Waals surface area contributed by atoms with Crippen molar-refractivity contribution >= 4 is 0 Å². The molecule has 1 aromatic rings. The molecule has 0 bridgehead atoms. The van der Waals surface area contributed by atoms with Gasteiger partial charge in [0.15, 0.2) is 0 Å². The molecule has 0 radical (unpaired) electrons.